The lowest BCUT2D eigenvalue weighted by Crippen LogP contribution is -2.26. The van der Waals surface area contributed by atoms with Gasteiger partial charge < -0.3 is 0 Å². The molecule has 1 aromatic carbocycles. The van der Waals surface area contributed by atoms with Crippen LogP contribution >= 0.6 is 0 Å². The van der Waals surface area contributed by atoms with Crippen molar-refractivity contribution in [3.05, 3.63) is 42.5 Å². The quantitative estimate of drug-likeness (QED) is 0.815. The van der Waals surface area contributed by atoms with E-state index in [4.69, 9.17) is 0 Å². The smallest absolute Gasteiger partial charge is 0.253 e. The van der Waals surface area contributed by atoms with Gasteiger partial charge in [0.1, 0.15) is 12.7 Å². The molecule has 0 fully saturated rings. The Morgan fingerprint density at radius 1 is 1.27 bits per heavy atom. The van der Waals surface area contributed by atoms with Crippen LogP contribution in [0, 0.1) is 0 Å². The summed E-state index contributed by atoms with van der Waals surface area (Å²) in [5.74, 6) is 0. The molecule has 1 aromatic heterocycles. The van der Waals surface area contributed by atoms with Gasteiger partial charge in [-0.25, -0.2) is 18.1 Å². The number of hydrogen-bond donors (Lipinski definition) is 1. The minimum atomic E-state index is -4.58. The third-order valence-corrected chi connectivity index (χ3v) is 4.25. The Morgan fingerprint density at radius 3 is 2.68 bits per heavy atom. The molecule has 10 heteroatoms. The van der Waals surface area contributed by atoms with E-state index in [0.717, 1.165) is 18.2 Å². The van der Waals surface area contributed by atoms with E-state index in [1.807, 2.05) is 0 Å². The molecule has 0 aliphatic rings. The van der Waals surface area contributed by atoms with Crippen molar-refractivity contribution in [3.8, 4) is 0 Å². The number of benzene rings is 1. The van der Waals surface area contributed by atoms with Crippen molar-refractivity contribution in [2.24, 2.45) is 0 Å². The summed E-state index contributed by atoms with van der Waals surface area (Å²) in [6.45, 7) is 0.531. The van der Waals surface area contributed by atoms with Crippen LogP contribution in [-0.2, 0) is 22.7 Å². The Bertz CT molecular complexity index is 714. The highest BCUT2D eigenvalue weighted by atomic mass is 32.2. The average Bonchev–Trinajstić information content (AvgIpc) is 2.96. The van der Waals surface area contributed by atoms with E-state index in [2.05, 4.69) is 14.8 Å². The SMILES string of the molecule is O=S(=O)(NCCCn1cncn1)c1cccc(C(F)(F)F)c1. The molecule has 0 atom stereocenters. The zero-order valence-electron chi connectivity index (χ0n) is 11.3. The Balaban J connectivity index is 1.98. The molecule has 1 heterocycles. The molecule has 1 N–H and O–H groups in total. The van der Waals surface area contributed by atoms with Crippen LogP contribution in [0.3, 0.4) is 0 Å². The van der Waals surface area contributed by atoms with E-state index < -0.39 is 26.7 Å². The largest absolute Gasteiger partial charge is 0.416 e. The molecule has 0 aliphatic heterocycles. The average molecular weight is 334 g/mol. The molecule has 22 heavy (non-hydrogen) atoms. The summed E-state index contributed by atoms with van der Waals surface area (Å²) in [7, 11) is -3.98. The fourth-order valence-electron chi connectivity index (χ4n) is 1.72. The van der Waals surface area contributed by atoms with Gasteiger partial charge in [0.05, 0.1) is 10.5 Å². The summed E-state index contributed by atoms with van der Waals surface area (Å²) < 4.78 is 65.5. The van der Waals surface area contributed by atoms with Crippen LogP contribution < -0.4 is 4.72 Å². The van der Waals surface area contributed by atoms with Crippen LogP contribution in [0.4, 0.5) is 13.2 Å². The molecule has 2 aromatic rings. The number of nitrogens with one attached hydrogen (secondary N) is 1. The molecule has 6 nitrogen and oxygen atoms in total. The first-order valence-corrected chi connectivity index (χ1v) is 7.77. The van der Waals surface area contributed by atoms with Crippen LogP contribution in [-0.4, -0.2) is 29.7 Å². The maximum atomic E-state index is 12.6. The Labute approximate surface area is 125 Å². The van der Waals surface area contributed by atoms with Gasteiger partial charge in [-0.2, -0.15) is 18.3 Å². The van der Waals surface area contributed by atoms with Crippen molar-refractivity contribution in [2.75, 3.05) is 6.54 Å². The van der Waals surface area contributed by atoms with E-state index in [1.54, 1.807) is 0 Å². The highest BCUT2D eigenvalue weighted by Gasteiger charge is 2.31. The highest BCUT2D eigenvalue weighted by molar-refractivity contribution is 7.89. The molecule has 0 aliphatic carbocycles. The number of alkyl halides is 3. The van der Waals surface area contributed by atoms with Crippen molar-refractivity contribution < 1.29 is 21.6 Å². The van der Waals surface area contributed by atoms with E-state index in [1.165, 1.54) is 17.3 Å². The lowest BCUT2D eigenvalue weighted by atomic mass is 10.2. The summed E-state index contributed by atoms with van der Waals surface area (Å²) in [4.78, 5) is 3.32. The molecule has 0 saturated carbocycles. The van der Waals surface area contributed by atoms with Gasteiger partial charge in [-0.1, -0.05) is 6.07 Å². The van der Waals surface area contributed by atoms with Gasteiger partial charge in [-0.05, 0) is 24.6 Å². The Hall–Kier alpha value is -1.94. The number of hydrogen-bond acceptors (Lipinski definition) is 4. The Kier molecular flexibility index (Phi) is 4.81. The van der Waals surface area contributed by atoms with Crippen molar-refractivity contribution in [3.63, 3.8) is 0 Å². The number of aromatic nitrogens is 3. The van der Waals surface area contributed by atoms with Crippen LogP contribution in [0.5, 0.6) is 0 Å². The van der Waals surface area contributed by atoms with Gasteiger partial charge in [0.15, 0.2) is 0 Å². The number of sulfonamides is 1. The van der Waals surface area contributed by atoms with E-state index >= 15 is 0 Å². The van der Waals surface area contributed by atoms with Crippen molar-refractivity contribution in [1.29, 1.82) is 0 Å². The number of nitrogens with zero attached hydrogens (tertiary/aromatic N) is 3. The van der Waals surface area contributed by atoms with Gasteiger partial charge in [0, 0.05) is 13.1 Å². The molecule has 0 spiro atoms. The van der Waals surface area contributed by atoms with Crippen LogP contribution in [0.15, 0.2) is 41.8 Å². The lowest BCUT2D eigenvalue weighted by molar-refractivity contribution is -0.137. The fourth-order valence-corrected chi connectivity index (χ4v) is 2.84. The maximum Gasteiger partial charge on any atom is 0.416 e. The first kappa shape index (κ1) is 16.4. The lowest BCUT2D eigenvalue weighted by Gasteiger charge is -2.10. The third kappa shape index (κ3) is 4.28. The molecular formula is C12H13F3N4O2S. The topological polar surface area (TPSA) is 76.9 Å². The van der Waals surface area contributed by atoms with Crippen molar-refractivity contribution in [2.45, 2.75) is 24.0 Å². The minimum absolute atomic E-state index is 0.0818. The summed E-state index contributed by atoms with van der Waals surface area (Å²) in [5.41, 5.74) is -1.00. The molecule has 0 unspecified atom stereocenters. The zero-order valence-corrected chi connectivity index (χ0v) is 12.1. The maximum absolute atomic E-state index is 12.6. The Morgan fingerprint density at radius 2 is 2.05 bits per heavy atom. The minimum Gasteiger partial charge on any atom is -0.253 e. The monoisotopic (exact) mass is 334 g/mol. The summed E-state index contributed by atoms with van der Waals surface area (Å²) in [6.07, 6.45) is -1.31. The number of aryl methyl sites for hydroxylation is 1. The molecule has 0 bridgehead atoms. The number of halogens is 3. The van der Waals surface area contributed by atoms with Gasteiger partial charge >= 0.3 is 6.18 Å². The van der Waals surface area contributed by atoms with Crippen LogP contribution in [0.1, 0.15) is 12.0 Å². The second-order valence-electron chi connectivity index (χ2n) is 4.44. The molecule has 2 rings (SSSR count). The predicted octanol–water partition coefficient (Wildman–Crippen LogP) is 1.67. The van der Waals surface area contributed by atoms with Gasteiger partial charge in [0.25, 0.3) is 0 Å². The van der Waals surface area contributed by atoms with E-state index in [-0.39, 0.29) is 6.54 Å². The predicted molar refractivity (Wildman–Crippen MR) is 71.3 cm³/mol. The third-order valence-electron chi connectivity index (χ3n) is 2.79. The molecule has 120 valence electrons. The normalized spacial score (nSPS) is 12.5. The van der Waals surface area contributed by atoms with Gasteiger partial charge in [0.2, 0.25) is 10.0 Å². The first-order chi connectivity index (χ1) is 10.3. The molecule has 0 radical (unpaired) electrons. The number of rotatable bonds is 6. The summed E-state index contributed by atoms with van der Waals surface area (Å²) in [6, 6.07) is 3.62. The van der Waals surface area contributed by atoms with E-state index in [0.29, 0.717) is 19.0 Å². The fraction of sp³-hybridized carbons (Fsp3) is 0.333. The van der Waals surface area contributed by atoms with Gasteiger partial charge in [-0.15, -0.1) is 0 Å². The highest BCUT2D eigenvalue weighted by Crippen LogP contribution is 2.30. The summed E-state index contributed by atoms with van der Waals surface area (Å²) in [5, 5.41) is 3.85. The molecule has 0 saturated heterocycles. The van der Waals surface area contributed by atoms with Crippen molar-refractivity contribution >= 4 is 10.0 Å². The zero-order chi connectivity index (χ0) is 16.2. The molecule has 0 amide bonds. The standard InChI is InChI=1S/C12H13F3N4O2S/c13-12(14,15)10-3-1-4-11(7-10)22(20,21)18-5-2-6-19-9-16-8-17-19/h1,3-4,7-9,18H,2,5-6H2. The van der Waals surface area contributed by atoms with E-state index in [9.17, 15) is 21.6 Å². The van der Waals surface area contributed by atoms with Crippen LogP contribution in [0.25, 0.3) is 0 Å². The van der Waals surface area contributed by atoms with Crippen LogP contribution in [0.2, 0.25) is 0 Å². The van der Waals surface area contributed by atoms with Crippen molar-refractivity contribution in [1.82, 2.24) is 19.5 Å². The molecular weight excluding hydrogens is 321 g/mol. The second kappa shape index (κ2) is 6.44. The summed E-state index contributed by atoms with van der Waals surface area (Å²) >= 11 is 0. The van der Waals surface area contributed by atoms with Gasteiger partial charge in [-0.3, -0.25) is 4.68 Å². The second-order valence-corrected chi connectivity index (χ2v) is 6.20. The first-order valence-electron chi connectivity index (χ1n) is 6.28.